The van der Waals surface area contributed by atoms with Gasteiger partial charge in [-0.1, -0.05) is 6.07 Å². The number of rotatable bonds is 3. The summed E-state index contributed by atoms with van der Waals surface area (Å²) in [4.78, 5) is 4.16. The Morgan fingerprint density at radius 3 is 2.52 bits per heavy atom. The molecule has 2 rings (SSSR count). The Morgan fingerprint density at radius 2 is 2.00 bits per heavy atom. The molecule has 0 amide bonds. The van der Waals surface area contributed by atoms with Gasteiger partial charge in [-0.2, -0.15) is 18.4 Å². The average molecular weight is 309 g/mol. The van der Waals surface area contributed by atoms with E-state index in [1.54, 1.807) is 18.2 Å². The topological polar surface area (TPSA) is 48.7 Å². The predicted octanol–water partition coefficient (Wildman–Crippen LogP) is 4.44. The van der Waals surface area contributed by atoms with Crippen LogP contribution in [0.3, 0.4) is 0 Å². The highest BCUT2D eigenvalue weighted by atomic mass is 32.2. The number of nitrogens with one attached hydrogen (secondary N) is 1. The van der Waals surface area contributed by atoms with Crippen molar-refractivity contribution in [1.29, 1.82) is 5.26 Å². The summed E-state index contributed by atoms with van der Waals surface area (Å²) in [5.74, 6) is 0. The number of hydrogen-bond acceptors (Lipinski definition) is 4. The maximum absolute atomic E-state index is 12.4. The summed E-state index contributed by atoms with van der Waals surface area (Å²) < 4.78 is 37.3. The van der Waals surface area contributed by atoms with Gasteiger partial charge in [-0.15, -0.1) is 11.8 Å². The van der Waals surface area contributed by atoms with Crippen LogP contribution in [-0.4, -0.2) is 11.2 Å². The van der Waals surface area contributed by atoms with Gasteiger partial charge in [0.15, 0.2) is 0 Å². The smallest absolute Gasteiger partial charge is 0.353 e. The van der Waals surface area contributed by atoms with E-state index >= 15 is 0 Å². The summed E-state index contributed by atoms with van der Waals surface area (Å²) in [6, 6.07) is 9.53. The van der Waals surface area contributed by atoms with Gasteiger partial charge in [0.05, 0.1) is 23.1 Å². The van der Waals surface area contributed by atoms with Crippen molar-refractivity contribution in [2.75, 3.05) is 11.6 Å². The molecule has 108 valence electrons. The van der Waals surface area contributed by atoms with E-state index in [-0.39, 0.29) is 0 Å². The van der Waals surface area contributed by atoms with Crippen molar-refractivity contribution >= 4 is 23.1 Å². The third-order valence-electron chi connectivity index (χ3n) is 2.69. The molecule has 0 unspecified atom stereocenters. The molecule has 0 saturated carbocycles. The van der Waals surface area contributed by atoms with E-state index in [0.717, 1.165) is 17.2 Å². The largest absolute Gasteiger partial charge is 0.433 e. The number of anilines is 2. The summed E-state index contributed by atoms with van der Waals surface area (Å²) in [6.07, 6.45) is -1.52. The third kappa shape index (κ3) is 3.47. The van der Waals surface area contributed by atoms with Crippen LogP contribution in [0.25, 0.3) is 0 Å². The van der Waals surface area contributed by atoms with Gasteiger partial charge in [-0.3, -0.25) is 0 Å². The van der Waals surface area contributed by atoms with Crippen molar-refractivity contribution in [2.24, 2.45) is 0 Å². The van der Waals surface area contributed by atoms with Crippen LogP contribution >= 0.6 is 11.8 Å². The molecule has 1 aromatic heterocycles. The van der Waals surface area contributed by atoms with E-state index in [0.29, 0.717) is 16.9 Å². The quantitative estimate of drug-likeness (QED) is 0.852. The summed E-state index contributed by atoms with van der Waals surface area (Å²) in [5.41, 5.74) is 0.417. The minimum atomic E-state index is -4.46. The van der Waals surface area contributed by atoms with Crippen LogP contribution in [0.1, 0.15) is 11.3 Å². The van der Waals surface area contributed by atoms with Gasteiger partial charge < -0.3 is 5.32 Å². The fraction of sp³-hybridized carbons (Fsp3) is 0.143. The molecule has 0 atom stereocenters. The maximum Gasteiger partial charge on any atom is 0.433 e. The Morgan fingerprint density at radius 1 is 1.24 bits per heavy atom. The highest BCUT2D eigenvalue weighted by molar-refractivity contribution is 7.98. The molecule has 1 N–H and O–H groups in total. The first kappa shape index (κ1) is 15.2. The lowest BCUT2D eigenvalue weighted by Crippen LogP contribution is -2.07. The van der Waals surface area contributed by atoms with Gasteiger partial charge >= 0.3 is 6.18 Å². The van der Waals surface area contributed by atoms with Gasteiger partial charge in [0.2, 0.25) is 0 Å². The first-order valence-corrected chi connectivity index (χ1v) is 7.05. The minimum Gasteiger partial charge on any atom is -0.353 e. The minimum absolute atomic E-state index is 0.387. The van der Waals surface area contributed by atoms with Gasteiger partial charge in [-0.25, -0.2) is 4.98 Å². The Labute approximate surface area is 123 Å². The second-order valence-corrected chi connectivity index (χ2v) is 4.90. The maximum atomic E-state index is 12.4. The van der Waals surface area contributed by atoms with E-state index in [9.17, 15) is 18.4 Å². The summed E-state index contributed by atoms with van der Waals surface area (Å²) >= 11 is 1.42. The number of aromatic nitrogens is 1. The zero-order valence-electron chi connectivity index (χ0n) is 10.9. The molecule has 0 fully saturated rings. The molecule has 21 heavy (non-hydrogen) atoms. The molecular weight excluding hydrogens is 299 g/mol. The van der Waals surface area contributed by atoms with E-state index in [4.69, 9.17) is 0 Å². The van der Waals surface area contributed by atoms with E-state index in [2.05, 4.69) is 16.4 Å². The standard InChI is InChI=1S/C14H10F3N3S/c1-21-12-4-2-3-11(10(12)7-18)20-9-5-6-13(19-8-9)14(15,16)17/h2-6,8,20H,1H3. The zero-order valence-corrected chi connectivity index (χ0v) is 11.7. The van der Waals surface area contributed by atoms with Crippen molar-refractivity contribution in [3.05, 3.63) is 47.8 Å². The van der Waals surface area contributed by atoms with Crippen LogP contribution in [0.4, 0.5) is 24.5 Å². The number of thioether (sulfide) groups is 1. The normalized spacial score (nSPS) is 11.0. The van der Waals surface area contributed by atoms with Crippen molar-refractivity contribution in [3.8, 4) is 6.07 Å². The molecule has 0 saturated heterocycles. The highest BCUT2D eigenvalue weighted by Gasteiger charge is 2.32. The fourth-order valence-electron chi connectivity index (χ4n) is 1.71. The number of alkyl halides is 3. The number of nitrogens with zero attached hydrogens (tertiary/aromatic N) is 2. The van der Waals surface area contributed by atoms with Crippen LogP contribution in [-0.2, 0) is 6.18 Å². The molecule has 1 heterocycles. The summed E-state index contributed by atoms with van der Waals surface area (Å²) in [5, 5.41) is 12.1. The molecule has 0 bridgehead atoms. The lowest BCUT2D eigenvalue weighted by atomic mass is 10.2. The second-order valence-electron chi connectivity index (χ2n) is 4.05. The monoisotopic (exact) mass is 309 g/mol. The van der Waals surface area contributed by atoms with Crippen LogP contribution in [0.15, 0.2) is 41.4 Å². The molecule has 3 nitrogen and oxygen atoms in total. The molecule has 0 aliphatic heterocycles. The first-order chi connectivity index (χ1) is 9.95. The van der Waals surface area contributed by atoms with Crippen LogP contribution in [0, 0.1) is 11.3 Å². The Bertz CT molecular complexity index is 675. The Kier molecular flexibility index (Phi) is 4.38. The first-order valence-electron chi connectivity index (χ1n) is 5.83. The molecule has 2 aromatic rings. The molecule has 0 radical (unpaired) electrons. The highest BCUT2D eigenvalue weighted by Crippen LogP contribution is 2.30. The Hall–Kier alpha value is -2.20. The second kappa shape index (κ2) is 6.06. The zero-order chi connectivity index (χ0) is 15.5. The number of halogens is 3. The number of nitriles is 1. The molecular formula is C14H10F3N3S. The molecule has 0 aliphatic rings. The van der Waals surface area contributed by atoms with Gasteiger partial charge in [0.25, 0.3) is 0 Å². The van der Waals surface area contributed by atoms with Crippen LogP contribution in [0.2, 0.25) is 0 Å². The van der Waals surface area contributed by atoms with Crippen molar-refractivity contribution in [2.45, 2.75) is 11.1 Å². The Balaban J connectivity index is 2.29. The lowest BCUT2D eigenvalue weighted by Gasteiger charge is -2.11. The molecule has 1 aromatic carbocycles. The van der Waals surface area contributed by atoms with Crippen LogP contribution < -0.4 is 5.32 Å². The average Bonchev–Trinajstić information content (AvgIpc) is 2.46. The molecule has 7 heteroatoms. The number of hydrogen-bond donors (Lipinski definition) is 1. The SMILES string of the molecule is CSc1cccc(Nc2ccc(C(F)(F)F)nc2)c1C#N. The number of benzene rings is 1. The van der Waals surface area contributed by atoms with Crippen LogP contribution in [0.5, 0.6) is 0 Å². The summed E-state index contributed by atoms with van der Waals surface area (Å²) in [7, 11) is 0. The number of pyridine rings is 1. The lowest BCUT2D eigenvalue weighted by molar-refractivity contribution is -0.141. The summed E-state index contributed by atoms with van der Waals surface area (Å²) in [6.45, 7) is 0. The van der Waals surface area contributed by atoms with E-state index in [1.165, 1.54) is 17.8 Å². The van der Waals surface area contributed by atoms with Crippen molar-refractivity contribution < 1.29 is 13.2 Å². The molecule has 0 aliphatic carbocycles. The van der Waals surface area contributed by atoms with Crippen molar-refractivity contribution in [3.63, 3.8) is 0 Å². The molecule has 0 spiro atoms. The predicted molar refractivity (Wildman–Crippen MR) is 75.5 cm³/mol. The van der Waals surface area contributed by atoms with Gasteiger partial charge in [0, 0.05) is 4.90 Å². The third-order valence-corrected chi connectivity index (χ3v) is 3.47. The fourth-order valence-corrected chi connectivity index (χ4v) is 2.29. The van der Waals surface area contributed by atoms with E-state index in [1.807, 2.05) is 6.26 Å². The van der Waals surface area contributed by atoms with Crippen molar-refractivity contribution in [1.82, 2.24) is 4.98 Å². The van der Waals surface area contributed by atoms with Gasteiger partial charge in [-0.05, 0) is 30.5 Å². The van der Waals surface area contributed by atoms with Gasteiger partial charge in [0.1, 0.15) is 11.8 Å². The van der Waals surface area contributed by atoms with E-state index < -0.39 is 11.9 Å².